The maximum atomic E-state index is 11.0. The van der Waals surface area contributed by atoms with Crippen LogP contribution in [0, 0.1) is 0 Å². The van der Waals surface area contributed by atoms with E-state index in [4.69, 9.17) is 16.7 Å². The molecule has 0 fully saturated rings. The zero-order valence-corrected chi connectivity index (χ0v) is 9.80. The SMILES string of the molecule is O=C(CBr)Nc1ccc(Cl)c(C(=O)O)c1. The van der Waals surface area contributed by atoms with Crippen molar-refractivity contribution in [2.45, 2.75) is 0 Å². The summed E-state index contributed by atoms with van der Waals surface area (Å²) < 4.78 is 0. The van der Waals surface area contributed by atoms with E-state index in [-0.39, 0.29) is 21.8 Å². The lowest BCUT2D eigenvalue weighted by molar-refractivity contribution is -0.113. The third-order valence-corrected chi connectivity index (χ3v) is 2.44. The number of carbonyl (C=O) groups excluding carboxylic acids is 1. The second-order valence-electron chi connectivity index (χ2n) is 2.68. The lowest BCUT2D eigenvalue weighted by Gasteiger charge is -2.05. The van der Waals surface area contributed by atoms with Gasteiger partial charge in [0, 0.05) is 5.69 Å². The summed E-state index contributed by atoms with van der Waals surface area (Å²) >= 11 is 8.64. The zero-order valence-electron chi connectivity index (χ0n) is 7.46. The van der Waals surface area contributed by atoms with Gasteiger partial charge in [0.2, 0.25) is 5.91 Å². The standard InChI is InChI=1S/C9H7BrClNO3/c10-4-8(13)12-5-1-2-7(11)6(3-5)9(14)15/h1-3H,4H2,(H,12,13)(H,14,15). The van der Waals surface area contributed by atoms with Crippen LogP contribution in [0.2, 0.25) is 5.02 Å². The van der Waals surface area contributed by atoms with Crippen LogP contribution in [0.3, 0.4) is 0 Å². The summed E-state index contributed by atoms with van der Waals surface area (Å²) in [7, 11) is 0. The predicted octanol–water partition coefficient (Wildman–Crippen LogP) is 2.37. The summed E-state index contributed by atoms with van der Waals surface area (Å²) in [5, 5.41) is 11.6. The molecule has 0 aromatic heterocycles. The highest BCUT2D eigenvalue weighted by Crippen LogP contribution is 2.20. The first kappa shape index (κ1) is 12.0. The van der Waals surface area contributed by atoms with Gasteiger partial charge in [-0.3, -0.25) is 4.79 Å². The molecule has 4 nitrogen and oxygen atoms in total. The topological polar surface area (TPSA) is 66.4 Å². The molecule has 2 N–H and O–H groups in total. The molecule has 15 heavy (non-hydrogen) atoms. The van der Waals surface area contributed by atoms with Gasteiger partial charge in [0.25, 0.3) is 0 Å². The van der Waals surface area contributed by atoms with Crippen molar-refractivity contribution >= 4 is 45.1 Å². The molecule has 0 radical (unpaired) electrons. The minimum Gasteiger partial charge on any atom is -0.478 e. The van der Waals surface area contributed by atoms with E-state index >= 15 is 0 Å². The van der Waals surface area contributed by atoms with Crippen LogP contribution in [0.1, 0.15) is 10.4 Å². The van der Waals surface area contributed by atoms with Crippen molar-refractivity contribution in [3.8, 4) is 0 Å². The van der Waals surface area contributed by atoms with Crippen molar-refractivity contribution in [2.75, 3.05) is 10.6 Å². The van der Waals surface area contributed by atoms with E-state index in [0.29, 0.717) is 5.69 Å². The largest absolute Gasteiger partial charge is 0.478 e. The van der Waals surface area contributed by atoms with E-state index in [0.717, 1.165) is 0 Å². The number of benzene rings is 1. The molecular weight excluding hydrogens is 285 g/mol. The zero-order chi connectivity index (χ0) is 11.4. The van der Waals surface area contributed by atoms with E-state index in [1.807, 2.05) is 0 Å². The van der Waals surface area contributed by atoms with Gasteiger partial charge in [-0.1, -0.05) is 27.5 Å². The van der Waals surface area contributed by atoms with Crippen LogP contribution in [0.5, 0.6) is 0 Å². The number of carboxylic acid groups (broad SMARTS) is 1. The fourth-order valence-electron chi connectivity index (χ4n) is 0.961. The van der Waals surface area contributed by atoms with Crippen LogP contribution >= 0.6 is 27.5 Å². The molecule has 1 aromatic rings. The van der Waals surface area contributed by atoms with Crippen molar-refractivity contribution in [1.82, 2.24) is 0 Å². The van der Waals surface area contributed by atoms with E-state index in [9.17, 15) is 9.59 Å². The number of rotatable bonds is 3. The van der Waals surface area contributed by atoms with Gasteiger partial charge in [-0.2, -0.15) is 0 Å². The van der Waals surface area contributed by atoms with E-state index in [2.05, 4.69) is 21.2 Å². The summed E-state index contributed by atoms with van der Waals surface area (Å²) in [6.45, 7) is 0. The van der Waals surface area contributed by atoms with Crippen molar-refractivity contribution in [2.24, 2.45) is 0 Å². The average Bonchev–Trinajstić information content (AvgIpc) is 2.20. The van der Waals surface area contributed by atoms with Gasteiger partial charge in [0.1, 0.15) is 0 Å². The molecule has 0 saturated heterocycles. The fourth-order valence-corrected chi connectivity index (χ4v) is 1.30. The highest BCUT2D eigenvalue weighted by molar-refractivity contribution is 9.09. The summed E-state index contributed by atoms with van der Waals surface area (Å²) in [4.78, 5) is 21.7. The first-order valence-electron chi connectivity index (χ1n) is 3.93. The number of halogens is 2. The minimum absolute atomic E-state index is 0.0379. The normalized spacial score (nSPS) is 9.73. The second-order valence-corrected chi connectivity index (χ2v) is 3.65. The quantitative estimate of drug-likeness (QED) is 0.841. The van der Waals surface area contributed by atoms with Gasteiger partial charge < -0.3 is 10.4 Å². The van der Waals surface area contributed by atoms with Crippen molar-refractivity contribution in [1.29, 1.82) is 0 Å². The highest BCUT2D eigenvalue weighted by Gasteiger charge is 2.10. The smallest absolute Gasteiger partial charge is 0.337 e. The molecule has 0 atom stereocenters. The fraction of sp³-hybridized carbons (Fsp3) is 0.111. The lowest BCUT2D eigenvalue weighted by Crippen LogP contribution is -2.12. The Morgan fingerprint density at radius 3 is 2.67 bits per heavy atom. The Balaban J connectivity index is 2.97. The van der Waals surface area contributed by atoms with E-state index < -0.39 is 5.97 Å². The molecule has 0 bridgehead atoms. The monoisotopic (exact) mass is 291 g/mol. The molecule has 0 aliphatic rings. The molecule has 1 aromatic carbocycles. The van der Waals surface area contributed by atoms with Crippen molar-refractivity contribution in [3.05, 3.63) is 28.8 Å². The van der Waals surface area contributed by atoms with E-state index in [1.165, 1.54) is 18.2 Å². The number of amides is 1. The van der Waals surface area contributed by atoms with Crippen LogP contribution in [0.4, 0.5) is 5.69 Å². The van der Waals surface area contributed by atoms with Crippen LogP contribution < -0.4 is 5.32 Å². The molecule has 1 rings (SSSR count). The molecule has 1 amide bonds. The Bertz CT molecular complexity index is 408. The number of carbonyl (C=O) groups is 2. The van der Waals surface area contributed by atoms with Gasteiger partial charge in [-0.15, -0.1) is 0 Å². The Morgan fingerprint density at radius 2 is 2.13 bits per heavy atom. The highest BCUT2D eigenvalue weighted by atomic mass is 79.9. The molecule has 0 aliphatic carbocycles. The first-order valence-corrected chi connectivity index (χ1v) is 5.43. The lowest BCUT2D eigenvalue weighted by atomic mass is 10.2. The van der Waals surface area contributed by atoms with Crippen molar-refractivity contribution < 1.29 is 14.7 Å². The Kier molecular flexibility index (Phi) is 4.11. The van der Waals surface area contributed by atoms with Gasteiger partial charge in [0.05, 0.1) is 15.9 Å². The van der Waals surface area contributed by atoms with E-state index in [1.54, 1.807) is 0 Å². The Labute approximate surface area is 99.4 Å². The third-order valence-electron chi connectivity index (χ3n) is 1.60. The summed E-state index contributed by atoms with van der Waals surface area (Å²) in [5.74, 6) is -1.39. The van der Waals surface area contributed by atoms with Gasteiger partial charge >= 0.3 is 5.97 Å². The third kappa shape index (κ3) is 3.21. The number of carboxylic acids is 1. The molecule has 80 valence electrons. The average molecular weight is 293 g/mol. The number of hydrogen-bond donors (Lipinski definition) is 2. The Morgan fingerprint density at radius 1 is 1.47 bits per heavy atom. The Hall–Kier alpha value is -1.07. The summed E-state index contributed by atoms with van der Waals surface area (Å²) in [6.07, 6.45) is 0. The van der Waals surface area contributed by atoms with Crippen LogP contribution in [-0.4, -0.2) is 22.3 Å². The van der Waals surface area contributed by atoms with Crippen LogP contribution in [-0.2, 0) is 4.79 Å². The predicted molar refractivity (Wildman–Crippen MR) is 60.8 cm³/mol. The number of anilines is 1. The molecule has 0 saturated carbocycles. The van der Waals surface area contributed by atoms with Crippen molar-refractivity contribution in [3.63, 3.8) is 0 Å². The molecule has 6 heteroatoms. The number of hydrogen-bond acceptors (Lipinski definition) is 2. The first-order chi connectivity index (χ1) is 7.04. The molecule has 0 spiro atoms. The van der Waals surface area contributed by atoms with Gasteiger partial charge in [-0.05, 0) is 18.2 Å². The van der Waals surface area contributed by atoms with Gasteiger partial charge in [0.15, 0.2) is 0 Å². The maximum Gasteiger partial charge on any atom is 0.337 e. The van der Waals surface area contributed by atoms with Crippen LogP contribution in [0.25, 0.3) is 0 Å². The molecule has 0 aliphatic heterocycles. The minimum atomic E-state index is -1.13. The van der Waals surface area contributed by atoms with Gasteiger partial charge in [-0.25, -0.2) is 4.79 Å². The summed E-state index contributed by atoms with van der Waals surface area (Å²) in [5.41, 5.74) is 0.366. The van der Waals surface area contributed by atoms with Crippen LogP contribution in [0.15, 0.2) is 18.2 Å². The number of alkyl halides is 1. The number of aromatic carboxylic acids is 1. The maximum absolute atomic E-state index is 11.0. The number of nitrogens with one attached hydrogen (secondary N) is 1. The molecule has 0 unspecified atom stereocenters. The molecular formula is C9H7BrClNO3. The molecule has 0 heterocycles. The second kappa shape index (κ2) is 5.14. The summed E-state index contributed by atoms with van der Waals surface area (Å²) in [6, 6.07) is 4.27.